The minimum Gasteiger partial charge on any atom is -0.403 e. The van der Waals surface area contributed by atoms with Gasteiger partial charge in [-0.05, 0) is 53.8 Å². The lowest BCUT2D eigenvalue weighted by Gasteiger charge is -2.26. The van der Waals surface area contributed by atoms with Crippen molar-refractivity contribution in [2.75, 3.05) is 7.05 Å². The first-order valence-corrected chi connectivity index (χ1v) is 11.1. The Morgan fingerprint density at radius 1 is 0.892 bits per heavy atom. The number of hydrogen-bond donors (Lipinski definition) is 2. The quantitative estimate of drug-likeness (QED) is 0.312. The van der Waals surface area contributed by atoms with Gasteiger partial charge >= 0.3 is 12.5 Å². The van der Waals surface area contributed by atoms with Gasteiger partial charge in [-0.1, -0.05) is 48.5 Å². The van der Waals surface area contributed by atoms with Gasteiger partial charge < -0.3 is 10.1 Å². The van der Waals surface area contributed by atoms with E-state index in [-0.39, 0.29) is 18.4 Å². The Labute approximate surface area is 208 Å². The molecule has 3 aromatic rings. The summed E-state index contributed by atoms with van der Waals surface area (Å²) >= 11 is 0. The molecule has 3 aromatic carbocycles. The fourth-order valence-corrected chi connectivity index (χ4v) is 3.77. The van der Waals surface area contributed by atoms with Crippen LogP contribution >= 0.6 is 0 Å². The third-order valence-corrected chi connectivity index (χ3v) is 5.60. The number of halogens is 7. The maximum absolute atomic E-state index is 14.1. The molecule has 0 radical (unpaired) electrons. The fraction of sp³-hybridized carbons (Fsp3) is 0.269. The highest BCUT2D eigenvalue weighted by Gasteiger charge is 2.33. The molecule has 2 N–H and O–H groups in total. The van der Waals surface area contributed by atoms with Gasteiger partial charge in [-0.25, -0.2) is 4.39 Å². The summed E-state index contributed by atoms with van der Waals surface area (Å²) in [7, 11) is 1.42. The van der Waals surface area contributed by atoms with Gasteiger partial charge in [-0.3, -0.25) is 10.1 Å². The van der Waals surface area contributed by atoms with Gasteiger partial charge in [0, 0.05) is 13.1 Å². The lowest BCUT2D eigenvalue weighted by atomic mass is 9.95. The molecule has 0 fully saturated rings. The predicted octanol–water partition coefficient (Wildman–Crippen LogP) is 6.49. The smallest absolute Gasteiger partial charge is 0.403 e. The van der Waals surface area contributed by atoms with Crippen LogP contribution in [0.5, 0.6) is 5.75 Å². The zero-order valence-corrected chi connectivity index (χ0v) is 19.5. The first kappa shape index (κ1) is 28.0. The molecule has 1 unspecified atom stereocenters. The largest absolute Gasteiger partial charge is 0.573 e. The molecule has 4 nitrogen and oxygen atoms in total. The summed E-state index contributed by atoms with van der Waals surface area (Å²) in [6.45, 7) is 0. The van der Waals surface area contributed by atoms with Gasteiger partial charge in [-0.15, -0.1) is 13.2 Å². The number of hydrogen-bond acceptors (Lipinski definition) is 3. The van der Waals surface area contributed by atoms with Crippen LogP contribution < -0.4 is 15.4 Å². The van der Waals surface area contributed by atoms with E-state index in [1.807, 2.05) is 0 Å². The highest BCUT2D eigenvalue weighted by Crippen LogP contribution is 2.32. The van der Waals surface area contributed by atoms with Crippen molar-refractivity contribution in [3.8, 4) is 5.75 Å². The van der Waals surface area contributed by atoms with Gasteiger partial charge in [0.05, 0.1) is 5.56 Å². The second kappa shape index (κ2) is 11.6. The van der Waals surface area contributed by atoms with Crippen molar-refractivity contribution >= 4 is 5.91 Å². The molecule has 37 heavy (non-hydrogen) atoms. The Bertz CT molecular complexity index is 1180. The van der Waals surface area contributed by atoms with Gasteiger partial charge in [-0.2, -0.15) is 13.2 Å². The fourth-order valence-electron chi connectivity index (χ4n) is 3.77. The van der Waals surface area contributed by atoms with Gasteiger partial charge in [0.15, 0.2) is 11.6 Å². The van der Waals surface area contributed by atoms with E-state index in [1.54, 1.807) is 30.3 Å². The summed E-state index contributed by atoms with van der Waals surface area (Å²) in [6, 6.07) is 14.2. The molecule has 0 spiro atoms. The first-order valence-electron chi connectivity index (χ1n) is 11.1. The first-order chi connectivity index (χ1) is 17.4. The Morgan fingerprint density at radius 3 is 2.11 bits per heavy atom. The monoisotopic (exact) mass is 528 g/mol. The van der Waals surface area contributed by atoms with Crippen LogP contribution in [0.4, 0.5) is 30.7 Å². The van der Waals surface area contributed by atoms with Crippen molar-refractivity contribution in [2.45, 2.75) is 37.5 Å². The maximum Gasteiger partial charge on any atom is 0.573 e. The number of aryl methyl sites for hydroxylation is 1. The molecule has 0 aromatic heterocycles. The highest BCUT2D eigenvalue weighted by molar-refractivity contribution is 5.83. The normalized spacial score (nSPS) is 13.6. The highest BCUT2D eigenvalue weighted by atomic mass is 19.4. The zero-order valence-electron chi connectivity index (χ0n) is 19.5. The van der Waals surface area contributed by atoms with E-state index in [1.165, 1.54) is 25.2 Å². The van der Waals surface area contributed by atoms with Crippen molar-refractivity contribution < 1.29 is 40.3 Å². The molecule has 0 aliphatic carbocycles. The third-order valence-electron chi connectivity index (χ3n) is 5.60. The Hall–Kier alpha value is -3.60. The van der Waals surface area contributed by atoms with E-state index in [0.717, 1.165) is 24.3 Å². The Balaban J connectivity index is 1.94. The topological polar surface area (TPSA) is 50.4 Å². The Morgan fingerprint density at radius 2 is 1.54 bits per heavy atom. The SMILES string of the molecule is CNC(=O)C(N[C@H](CCc1ccc(C(F)(F)F)cc1)c1ccc(F)c(OC(F)(F)F)c1)c1ccccc1. The third kappa shape index (κ3) is 7.94. The van der Waals surface area contributed by atoms with Crippen LogP contribution in [0.3, 0.4) is 0 Å². The number of benzene rings is 3. The standard InChI is InChI=1S/C26H23F7N2O2/c1-34-24(36)23(17-5-3-2-4-6-17)35-21(14-9-16-7-11-19(12-8-16)25(28,29)30)18-10-13-20(27)22(15-18)37-26(31,32)33/h2-8,10-13,15,21,23,35H,9,14H2,1H3,(H,34,36)/t21-,23?/m1/s1. The summed E-state index contributed by atoms with van der Waals surface area (Å²) in [5.41, 5.74) is 0.472. The number of amides is 1. The van der Waals surface area contributed by atoms with Crippen LogP contribution in [-0.2, 0) is 17.4 Å². The van der Waals surface area contributed by atoms with Crippen molar-refractivity contribution in [2.24, 2.45) is 0 Å². The van der Waals surface area contributed by atoms with Crippen LogP contribution in [0.2, 0.25) is 0 Å². The number of likely N-dealkylation sites (N-methyl/N-ethyl adjacent to an activating group) is 1. The molecule has 0 aliphatic heterocycles. The number of rotatable bonds is 9. The summed E-state index contributed by atoms with van der Waals surface area (Å²) in [6.07, 6.45) is -9.26. The van der Waals surface area contributed by atoms with E-state index in [0.29, 0.717) is 11.1 Å². The second-order valence-electron chi connectivity index (χ2n) is 8.15. The summed E-state index contributed by atoms with van der Waals surface area (Å²) in [5.74, 6) is -2.70. The molecule has 0 bridgehead atoms. The number of alkyl halides is 6. The van der Waals surface area contributed by atoms with Crippen LogP contribution in [0, 0.1) is 5.82 Å². The van der Waals surface area contributed by atoms with Gasteiger partial charge in [0.25, 0.3) is 0 Å². The Kier molecular flexibility index (Phi) is 8.80. The molecular formula is C26H23F7N2O2. The number of carbonyl (C=O) groups excluding carboxylic acids is 1. The van der Waals surface area contributed by atoms with Crippen molar-refractivity contribution in [1.82, 2.24) is 10.6 Å². The zero-order chi connectivity index (χ0) is 27.2. The summed E-state index contributed by atoms with van der Waals surface area (Å²) in [4.78, 5) is 12.7. The lowest BCUT2D eigenvalue weighted by Crippen LogP contribution is -2.38. The number of ether oxygens (including phenoxy) is 1. The molecule has 198 valence electrons. The van der Waals surface area contributed by atoms with Crippen LogP contribution in [0.15, 0.2) is 72.8 Å². The summed E-state index contributed by atoms with van der Waals surface area (Å²) < 4.78 is 94.9. The van der Waals surface area contributed by atoms with Crippen molar-refractivity contribution in [3.05, 3.63) is 101 Å². The van der Waals surface area contributed by atoms with Crippen LogP contribution in [0.25, 0.3) is 0 Å². The van der Waals surface area contributed by atoms with Crippen LogP contribution in [-0.4, -0.2) is 19.3 Å². The average molecular weight is 528 g/mol. The molecule has 0 heterocycles. The minimum absolute atomic E-state index is 0.156. The molecule has 3 rings (SSSR count). The summed E-state index contributed by atoms with van der Waals surface area (Å²) in [5, 5.41) is 5.63. The van der Waals surface area contributed by atoms with Crippen molar-refractivity contribution in [3.63, 3.8) is 0 Å². The maximum atomic E-state index is 14.1. The van der Waals surface area contributed by atoms with E-state index in [2.05, 4.69) is 15.4 Å². The second-order valence-corrected chi connectivity index (χ2v) is 8.15. The van der Waals surface area contributed by atoms with E-state index < -0.39 is 47.7 Å². The van der Waals surface area contributed by atoms with E-state index in [9.17, 15) is 35.5 Å². The molecule has 0 aliphatic rings. The number of nitrogens with one attached hydrogen (secondary N) is 2. The lowest BCUT2D eigenvalue weighted by molar-refractivity contribution is -0.275. The molecule has 2 atom stereocenters. The average Bonchev–Trinajstić information content (AvgIpc) is 2.84. The molecule has 0 saturated heterocycles. The molecular weight excluding hydrogens is 505 g/mol. The van der Waals surface area contributed by atoms with Gasteiger partial charge in [0.1, 0.15) is 6.04 Å². The van der Waals surface area contributed by atoms with E-state index >= 15 is 0 Å². The van der Waals surface area contributed by atoms with Crippen molar-refractivity contribution in [1.29, 1.82) is 0 Å². The predicted molar refractivity (Wildman–Crippen MR) is 122 cm³/mol. The molecule has 11 heteroatoms. The minimum atomic E-state index is -5.13. The molecule has 0 saturated carbocycles. The van der Waals surface area contributed by atoms with Gasteiger partial charge in [0.2, 0.25) is 5.91 Å². The van der Waals surface area contributed by atoms with Crippen LogP contribution in [0.1, 0.15) is 40.8 Å². The van der Waals surface area contributed by atoms with E-state index in [4.69, 9.17) is 0 Å². The number of carbonyl (C=O) groups is 1. The molecule has 1 amide bonds.